The molecular weight excluding hydrogens is 268 g/mol. The van der Waals surface area contributed by atoms with E-state index in [1.54, 1.807) is 19.3 Å². The predicted molar refractivity (Wildman–Crippen MR) is 84.2 cm³/mol. The Hall–Kier alpha value is -2.07. The van der Waals surface area contributed by atoms with Crippen LogP contribution in [0.3, 0.4) is 0 Å². The van der Waals surface area contributed by atoms with Crippen molar-refractivity contribution in [3.63, 3.8) is 0 Å². The molecule has 0 aliphatic rings. The smallest absolute Gasteiger partial charge is 0.169 e. The highest BCUT2D eigenvalue weighted by atomic mass is 32.1. The van der Waals surface area contributed by atoms with E-state index in [9.17, 15) is 4.79 Å². The fourth-order valence-corrected chi connectivity index (χ4v) is 2.84. The van der Waals surface area contributed by atoms with Gasteiger partial charge in [0, 0.05) is 41.3 Å². The summed E-state index contributed by atoms with van der Waals surface area (Å²) in [6, 6.07) is 5.83. The second-order valence-electron chi connectivity index (χ2n) is 4.01. The molecule has 0 aliphatic heterocycles. The summed E-state index contributed by atoms with van der Waals surface area (Å²) in [7, 11) is 0. The molecule has 3 nitrogen and oxygen atoms in total. The Kier molecular flexibility index (Phi) is 4.58. The molecule has 0 N–H and O–H groups in total. The summed E-state index contributed by atoms with van der Waals surface area (Å²) in [5, 5.41) is 1.06. The molecule has 0 saturated carbocycles. The van der Waals surface area contributed by atoms with Crippen LogP contribution in [0.5, 0.6) is 0 Å². The van der Waals surface area contributed by atoms with E-state index < -0.39 is 0 Å². The number of ketones is 1. The average molecular weight is 284 g/mol. The zero-order chi connectivity index (χ0) is 14.5. The Labute approximate surface area is 122 Å². The van der Waals surface area contributed by atoms with Crippen LogP contribution in [0.4, 0.5) is 0 Å². The minimum Gasteiger partial charge on any atom is -0.294 e. The molecule has 3 aromatic heterocycles. The summed E-state index contributed by atoms with van der Waals surface area (Å²) >= 11 is 1.48. The molecule has 20 heavy (non-hydrogen) atoms. The van der Waals surface area contributed by atoms with Gasteiger partial charge in [0.1, 0.15) is 0 Å². The van der Waals surface area contributed by atoms with E-state index in [0.29, 0.717) is 0 Å². The summed E-state index contributed by atoms with van der Waals surface area (Å²) in [5.74, 6) is 0.0911. The lowest BCUT2D eigenvalue weighted by Crippen LogP contribution is -1.84. The lowest BCUT2D eigenvalue weighted by molar-refractivity contribution is 0.102. The van der Waals surface area contributed by atoms with Crippen molar-refractivity contribution in [2.24, 2.45) is 0 Å². The number of fused-ring (bicyclic) bond motifs is 1. The van der Waals surface area contributed by atoms with Gasteiger partial charge in [0.05, 0.1) is 9.58 Å². The van der Waals surface area contributed by atoms with Crippen LogP contribution in [0.15, 0.2) is 43.0 Å². The van der Waals surface area contributed by atoms with Crippen molar-refractivity contribution in [2.75, 3.05) is 0 Å². The molecule has 3 aromatic rings. The molecule has 3 heterocycles. The van der Waals surface area contributed by atoms with Gasteiger partial charge in [-0.05, 0) is 19.1 Å². The van der Waals surface area contributed by atoms with Crippen molar-refractivity contribution in [3.05, 3.63) is 47.9 Å². The van der Waals surface area contributed by atoms with E-state index >= 15 is 0 Å². The van der Waals surface area contributed by atoms with Crippen molar-refractivity contribution < 1.29 is 4.79 Å². The lowest BCUT2D eigenvalue weighted by atomic mass is 10.1. The van der Waals surface area contributed by atoms with Crippen molar-refractivity contribution in [1.82, 2.24) is 9.97 Å². The minimum atomic E-state index is 0.0911. The second kappa shape index (κ2) is 6.39. The second-order valence-corrected chi connectivity index (χ2v) is 5.09. The van der Waals surface area contributed by atoms with E-state index in [1.165, 1.54) is 11.3 Å². The van der Waals surface area contributed by atoms with Crippen LogP contribution in [0.25, 0.3) is 21.2 Å². The summed E-state index contributed by atoms with van der Waals surface area (Å²) < 4.78 is 1.03. The van der Waals surface area contributed by atoms with Crippen LogP contribution >= 0.6 is 11.3 Å². The number of nitrogens with zero attached hydrogens (tertiary/aromatic N) is 2. The van der Waals surface area contributed by atoms with E-state index in [0.717, 1.165) is 26.1 Å². The molecule has 102 valence electrons. The number of Topliss-reactive ketones (excluding diaryl/α,β-unsaturated/α-hetero) is 1. The van der Waals surface area contributed by atoms with Crippen molar-refractivity contribution >= 4 is 27.2 Å². The molecule has 0 bridgehead atoms. The van der Waals surface area contributed by atoms with Gasteiger partial charge in [0.2, 0.25) is 0 Å². The molecule has 0 fully saturated rings. The molecule has 0 saturated heterocycles. The van der Waals surface area contributed by atoms with Crippen molar-refractivity contribution in [2.45, 2.75) is 20.8 Å². The largest absolute Gasteiger partial charge is 0.294 e. The number of rotatable bonds is 2. The number of pyridine rings is 2. The zero-order valence-electron chi connectivity index (χ0n) is 11.8. The van der Waals surface area contributed by atoms with E-state index in [4.69, 9.17) is 0 Å². The normalized spacial score (nSPS) is 9.95. The van der Waals surface area contributed by atoms with Gasteiger partial charge in [0.25, 0.3) is 0 Å². The maximum absolute atomic E-state index is 11.4. The standard InChI is InChI=1S/C14H10N2OS.C2H6/c1-9(17)13-5-11-12(7-16-8-14(11)18-13)10-3-2-4-15-6-10;1-2/h2-8H,1H3;1-2H3. The summed E-state index contributed by atoms with van der Waals surface area (Å²) in [6.07, 6.45) is 7.16. The van der Waals surface area contributed by atoms with Gasteiger partial charge in [-0.2, -0.15) is 0 Å². The molecule has 4 heteroatoms. The highest BCUT2D eigenvalue weighted by Crippen LogP contribution is 2.33. The number of carbonyl (C=O) groups excluding carboxylic acids is 1. The highest BCUT2D eigenvalue weighted by molar-refractivity contribution is 7.20. The third kappa shape index (κ3) is 2.75. The Morgan fingerprint density at radius 1 is 1.15 bits per heavy atom. The average Bonchev–Trinajstić information content (AvgIpc) is 2.94. The first-order valence-electron chi connectivity index (χ1n) is 6.54. The minimum absolute atomic E-state index is 0.0911. The number of hydrogen-bond donors (Lipinski definition) is 0. The predicted octanol–water partition coefficient (Wildman–Crippen LogP) is 4.59. The fraction of sp³-hybridized carbons (Fsp3) is 0.188. The molecule has 0 aromatic carbocycles. The number of carbonyl (C=O) groups is 1. The van der Waals surface area contributed by atoms with E-state index in [1.807, 2.05) is 44.4 Å². The van der Waals surface area contributed by atoms with Crippen molar-refractivity contribution in [3.8, 4) is 11.1 Å². The van der Waals surface area contributed by atoms with E-state index in [-0.39, 0.29) is 5.78 Å². The summed E-state index contributed by atoms with van der Waals surface area (Å²) in [4.78, 5) is 20.6. The zero-order valence-corrected chi connectivity index (χ0v) is 12.6. The maximum Gasteiger partial charge on any atom is 0.169 e. The molecule has 0 amide bonds. The molecule has 0 aliphatic carbocycles. The maximum atomic E-state index is 11.4. The molecule has 3 rings (SSSR count). The Balaban J connectivity index is 0.000000704. The van der Waals surface area contributed by atoms with Crippen LogP contribution in [0, 0.1) is 0 Å². The van der Waals surface area contributed by atoms with Gasteiger partial charge in [-0.25, -0.2) is 0 Å². The molecule has 0 radical (unpaired) electrons. The summed E-state index contributed by atoms with van der Waals surface area (Å²) in [6.45, 7) is 5.59. The van der Waals surface area contributed by atoms with Crippen LogP contribution in [0.1, 0.15) is 30.4 Å². The SMILES string of the molecule is CC.CC(=O)c1cc2c(-c3cccnc3)cncc2s1. The molecule has 0 atom stereocenters. The van der Waals surface area contributed by atoms with Crippen molar-refractivity contribution in [1.29, 1.82) is 0 Å². The van der Waals surface area contributed by atoms with Gasteiger partial charge in [-0.15, -0.1) is 11.3 Å². The van der Waals surface area contributed by atoms with Crippen LogP contribution in [-0.2, 0) is 0 Å². The third-order valence-corrected chi connectivity index (χ3v) is 3.94. The van der Waals surface area contributed by atoms with Gasteiger partial charge < -0.3 is 0 Å². The highest BCUT2D eigenvalue weighted by Gasteiger charge is 2.10. The number of hydrogen-bond acceptors (Lipinski definition) is 4. The third-order valence-electron chi connectivity index (χ3n) is 2.77. The first-order valence-corrected chi connectivity index (χ1v) is 7.36. The molecule has 0 unspecified atom stereocenters. The van der Waals surface area contributed by atoms with Crippen LogP contribution in [-0.4, -0.2) is 15.8 Å². The topological polar surface area (TPSA) is 42.9 Å². The lowest BCUT2D eigenvalue weighted by Gasteiger charge is -2.01. The summed E-state index contributed by atoms with van der Waals surface area (Å²) in [5.41, 5.74) is 2.04. The monoisotopic (exact) mass is 284 g/mol. The number of thiophene rings is 1. The van der Waals surface area contributed by atoms with Crippen LogP contribution in [0.2, 0.25) is 0 Å². The number of aromatic nitrogens is 2. The molecule has 0 spiro atoms. The first kappa shape index (κ1) is 14.3. The van der Waals surface area contributed by atoms with Crippen LogP contribution < -0.4 is 0 Å². The van der Waals surface area contributed by atoms with E-state index in [2.05, 4.69) is 9.97 Å². The Morgan fingerprint density at radius 2 is 1.95 bits per heavy atom. The fourth-order valence-electron chi connectivity index (χ4n) is 1.89. The van der Waals surface area contributed by atoms with Gasteiger partial charge in [-0.1, -0.05) is 19.9 Å². The Bertz CT molecular complexity index is 720. The van der Waals surface area contributed by atoms with Gasteiger partial charge >= 0.3 is 0 Å². The first-order chi connectivity index (χ1) is 9.75. The quantitative estimate of drug-likeness (QED) is 0.646. The van der Waals surface area contributed by atoms with Gasteiger partial charge in [-0.3, -0.25) is 14.8 Å². The Morgan fingerprint density at radius 3 is 2.60 bits per heavy atom. The van der Waals surface area contributed by atoms with Gasteiger partial charge in [0.15, 0.2) is 5.78 Å². The molecular formula is C16H16N2OS.